The Hall–Kier alpha value is -1.55. The number of halogens is 4. The highest BCUT2D eigenvalue weighted by Crippen LogP contribution is 2.36. The molecular weight excluding hydrogens is 327 g/mol. The molecule has 0 aromatic heterocycles. The summed E-state index contributed by atoms with van der Waals surface area (Å²) >= 11 is 3.08. The standard InChI is InChI=1S/C12H9BrF3NO2/c1-2-19-11(18)9-4-7(5-13)3-8(6-17)10(9)12(14,15)16/h3-4H,2,5H2,1H3. The summed E-state index contributed by atoms with van der Waals surface area (Å²) in [6.07, 6.45) is -4.79. The lowest BCUT2D eigenvalue weighted by atomic mass is 9.98. The first-order valence-corrected chi connectivity index (χ1v) is 6.34. The fraction of sp³-hybridized carbons (Fsp3) is 0.333. The zero-order chi connectivity index (χ0) is 14.6. The first-order chi connectivity index (χ1) is 8.85. The molecule has 0 aliphatic rings. The highest BCUT2D eigenvalue weighted by molar-refractivity contribution is 9.08. The van der Waals surface area contributed by atoms with Gasteiger partial charge in [-0.1, -0.05) is 15.9 Å². The van der Waals surface area contributed by atoms with Gasteiger partial charge in [-0.05, 0) is 24.6 Å². The van der Waals surface area contributed by atoms with Gasteiger partial charge in [0, 0.05) is 5.33 Å². The molecule has 0 heterocycles. The van der Waals surface area contributed by atoms with Crippen LogP contribution in [0.25, 0.3) is 0 Å². The van der Waals surface area contributed by atoms with E-state index >= 15 is 0 Å². The molecule has 0 bridgehead atoms. The number of esters is 1. The Bertz CT molecular complexity index is 535. The molecule has 0 fully saturated rings. The van der Waals surface area contributed by atoms with Gasteiger partial charge in [0.05, 0.1) is 29.4 Å². The summed E-state index contributed by atoms with van der Waals surface area (Å²) < 4.78 is 43.5. The van der Waals surface area contributed by atoms with Crippen molar-refractivity contribution in [1.29, 1.82) is 5.26 Å². The van der Waals surface area contributed by atoms with E-state index in [-0.39, 0.29) is 11.9 Å². The molecule has 0 radical (unpaired) electrons. The van der Waals surface area contributed by atoms with Crippen molar-refractivity contribution >= 4 is 21.9 Å². The fourth-order valence-electron chi connectivity index (χ4n) is 1.54. The van der Waals surface area contributed by atoms with Gasteiger partial charge in [-0.15, -0.1) is 0 Å². The minimum atomic E-state index is -4.79. The number of carbonyl (C=O) groups is 1. The molecule has 0 saturated heterocycles. The van der Waals surface area contributed by atoms with Crippen molar-refractivity contribution in [2.24, 2.45) is 0 Å². The lowest BCUT2D eigenvalue weighted by molar-refractivity contribution is -0.138. The highest BCUT2D eigenvalue weighted by Gasteiger charge is 2.39. The van der Waals surface area contributed by atoms with Crippen molar-refractivity contribution in [3.8, 4) is 6.07 Å². The molecule has 0 aliphatic carbocycles. The fourth-order valence-corrected chi connectivity index (χ4v) is 1.87. The molecule has 102 valence electrons. The van der Waals surface area contributed by atoms with E-state index in [4.69, 9.17) is 5.26 Å². The van der Waals surface area contributed by atoms with Crippen molar-refractivity contribution in [1.82, 2.24) is 0 Å². The van der Waals surface area contributed by atoms with Crippen molar-refractivity contribution in [2.75, 3.05) is 6.61 Å². The van der Waals surface area contributed by atoms with Crippen LogP contribution in [-0.4, -0.2) is 12.6 Å². The second-order valence-corrected chi connectivity index (χ2v) is 4.09. The molecule has 0 N–H and O–H groups in total. The SMILES string of the molecule is CCOC(=O)c1cc(CBr)cc(C#N)c1C(F)(F)F. The topological polar surface area (TPSA) is 50.1 Å². The lowest BCUT2D eigenvalue weighted by Gasteiger charge is -2.14. The molecule has 1 rings (SSSR count). The van der Waals surface area contributed by atoms with E-state index in [9.17, 15) is 18.0 Å². The predicted octanol–water partition coefficient (Wildman–Crippen LogP) is 3.65. The summed E-state index contributed by atoms with van der Waals surface area (Å²) in [5, 5.41) is 9.05. The van der Waals surface area contributed by atoms with E-state index in [0.29, 0.717) is 5.56 Å². The summed E-state index contributed by atoms with van der Waals surface area (Å²) in [5.74, 6) is -1.09. The predicted molar refractivity (Wildman–Crippen MR) is 64.7 cm³/mol. The molecule has 1 aromatic carbocycles. The van der Waals surface area contributed by atoms with Crippen LogP contribution in [0.4, 0.5) is 13.2 Å². The van der Waals surface area contributed by atoms with Gasteiger partial charge in [-0.3, -0.25) is 0 Å². The maximum atomic E-state index is 13.0. The van der Waals surface area contributed by atoms with Crippen molar-refractivity contribution in [3.05, 3.63) is 34.4 Å². The lowest BCUT2D eigenvalue weighted by Crippen LogP contribution is -2.17. The largest absolute Gasteiger partial charge is 0.462 e. The summed E-state index contributed by atoms with van der Waals surface area (Å²) in [7, 11) is 0. The maximum absolute atomic E-state index is 13.0. The van der Waals surface area contributed by atoms with E-state index in [1.54, 1.807) is 0 Å². The molecule has 0 spiro atoms. The van der Waals surface area contributed by atoms with E-state index in [1.165, 1.54) is 13.0 Å². The van der Waals surface area contributed by atoms with Crippen LogP contribution in [0.15, 0.2) is 12.1 Å². The van der Waals surface area contributed by atoms with Crippen LogP contribution >= 0.6 is 15.9 Å². The van der Waals surface area contributed by atoms with Crippen molar-refractivity contribution < 1.29 is 22.7 Å². The molecule has 0 aliphatic heterocycles. The van der Waals surface area contributed by atoms with Crippen LogP contribution in [0.2, 0.25) is 0 Å². The summed E-state index contributed by atoms with van der Waals surface area (Å²) in [4.78, 5) is 11.6. The number of nitriles is 1. The van der Waals surface area contributed by atoms with Crippen LogP contribution in [0.3, 0.4) is 0 Å². The molecule has 0 unspecified atom stereocenters. The van der Waals surface area contributed by atoms with E-state index in [0.717, 1.165) is 12.1 Å². The molecule has 1 aromatic rings. The van der Waals surface area contributed by atoms with Crippen LogP contribution in [0.5, 0.6) is 0 Å². The Kier molecular flexibility index (Phi) is 4.95. The third-order valence-electron chi connectivity index (χ3n) is 2.25. The third kappa shape index (κ3) is 3.47. The Morgan fingerprint density at radius 1 is 1.47 bits per heavy atom. The normalized spacial score (nSPS) is 10.9. The molecule has 0 atom stereocenters. The number of benzene rings is 1. The van der Waals surface area contributed by atoms with Gasteiger partial charge < -0.3 is 4.74 Å². The number of carbonyl (C=O) groups excluding carboxylic acids is 1. The number of alkyl halides is 4. The summed E-state index contributed by atoms with van der Waals surface area (Å²) in [5.41, 5.74) is -2.08. The van der Waals surface area contributed by atoms with Crippen molar-refractivity contribution in [2.45, 2.75) is 18.4 Å². The second-order valence-electron chi connectivity index (χ2n) is 3.53. The van der Waals surface area contributed by atoms with Gasteiger partial charge in [-0.25, -0.2) is 4.79 Å². The van der Waals surface area contributed by atoms with Crippen LogP contribution in [0, 0.1) is 11.3 Å². The monoisotopic (exact) mass is 335 g/mol. The maximum Gasteiger partial charge on any atom is 0.418 e. The Balaban J connectivity index is 3.57. The van der Waals surface area contributed by atoms with Gasteiger partial charge in [0.1, 0.15) is 0 Å². The second kappa shape index (κ2) is 6.06. The summed E-state index contributed by atoms with van der Waals surface area (Å²) in [6.45, 7) is 1.45. The quantitative estimate of drug-likeness (QED) is 0.625. The number of hydrogen-bond donors (Lipinski definition) is 0. The average Bonchev–Trinajstić information content (AvgIpc) is 2.36. The first-order valence-electron chi connectivity index (χ1n) is 5.22. The minimum absolute atomic E-state index is 0.0451. The number of nitrogens with zero attached hydrogens (tertiary/aromatic N) is 1. The van der Waals surface area contributed by atoms with Crippen LogP contribution < -0.4 is 0 Å². The van der Waals surface area contributed by atoms with Gasteiger partial charge in [0.15, 0.2) is 0 Å². The number of rotatable bonds is 3. The zero-order valence-corrected chi connectivity index (χ0v) is 11.4. The molecule has 19 heavy (non-hydrogen) atoms. The number of ether oxygens (including phenoxy) is 1. The molecule has 0 amide bonds. The van der Waals surface area contributed by atoms with Gasteiger partial charge in [0.2, 0.25) is 0 Å². The van der Waals surface area contributed by atoms with Crippen LogP contribution in [-0.2, 0) is 16.2 Å². The van der Waals surface area contributed by atoms with Gasteiger partial charge in [-0.2, -0.15) is 18.4 Å². The first kappa shape index (κ1) is 15.5. The van der Waals surface area contributed by atoms with Crippen LogP contribution in [0.1, 0.15) is 34.0 Å². The van der Waals surface area contributed by atoms with E-state index in [2.05, 4.69) is 20.7 Å². The smallest absolute Gasteiger partial charge is 0.418 e. The Labute approximate surface area is 116 Å². The molecule has 3 nitrogen and oxygen atoms in total. The minimum Gasteiger partial charge on any atom is -0.462 e. The third-order valence-corrected chi connectivity index (χ3v) is 2.90. The van der Waals surface area contributed by atoms with Crippen molar-refractivity contribution in [3.63, 3.8) is 0 Å². The zero-order valence-electron chi connectivity index (χ0n) is 9.84. The van der Waals surface area contributed by atoms with Gasteiger partial charge in [0.25, 0.3) is 0 Å². The Morgan fingerprint density at radius 2 is 2.11 bits per heavy atom. The molecule has 7 heteroatoms. The highest BCUT2D eigenvalue weighted by atomic mass is 79.9. The average molecular weight is 336 g/mol. The summed E-state index contributed by atoms with van der Waals surface area (Å²) in [6, 6.07) is 3.64. The molecular formula is C12H9BrF3NO2. The Morgan fingerprint density at radius 3 is 2.53 bits per heavy atom. The number of hydrogen-bond acceptors (Lipinski definition) is 3. The van der Waals surface area contributed by atoms with E-state index < -0.39 is 28.8 Å². The van der Waals surface area contributed by atoms with Gasteiger partial charge >= 0.3 is 12.1 Å². The molecule has 0 saturated carbocycles. The van der Waals surface area contributed by atoms with E-state index in [1.807, 2.05) is 0 Å².